The Morgan fingerprint density at radius 1 is 1.53 bits per heavy atom. The van der Waals surface area contributed by atoms with Gasteiger partial charge in [-0.15, -0.1) is 5.10 Å². The second-order valence-electron chi connectivity index (χ2n) is 2.92. The topological polar surface area (TPSA) is 90.9 Å². The summed E-state index contributed by atoms with van der Waals surface area (Å²) in [6, 6.07) is 0. The Hall–Kier alpha value is -0.760. The van der Waals surface area contributed by atoms with Gasteiger partial charge in [-0.1, -0.05) is 18.7 Å². The van der Waals surface area contributed by atoms with Gasteiger partial charge in [0.2, 0.25) is 11.1 Å². The van der Waals surface area contributed by atoms with E-state index in [-0.39, 0.29) is 24.0 Å². The van der Waals surface area contributed by atoms with Gasteiger partial charge in [-0.3, -0.25) is 0 Å². The number of aryl methyl sites for hydroxylation is 1. The fraction of sp³-hybridized carbons (Fsp3) is 0.714. The molecule has 0 aliphatic heterocycles. The lowest BCUT2D eigenvalue weighted by molar-refractivity contribution is 0.581. The van der Waals surface area contributed by atoms with Crippen molar-refractivity contribution in [3.05, 3.63) is 0 Å². The molecule has 0 bridgehead atoms. The Balaban J connectivity index is 2.69. The number of nitrogen functional groups attached to an aromatic ring is 1. The SMILES string of the molecule is CCS(=O)(=O)CCn1nc(SC)nc1N. The second kappa shape index (κ2) is 4.84. The largest absolute Gasteiger partial charge is 0.368 e. The highest BCUT2D eigenvalue weighted by Gasteiger charge is 2.11. The maximum absolute atomic E-state index is 11.3. The average Bonchev–Trinajstić information content (AvgIpc) is 2.57. The number of hydrogen-bond donors (Lipinski definition) is 1. The third-order valence-corrected chi connectivity index (χ3v) is 4.14. The summed E-state index contributed by atoms with van der Waals surface area (Å²) in [6.07, 6.45) is 1.84. The lowest BCUT2D eigenvalue weighted by atomic mass is 10.7. The predicted octanol–water partition coefficient (Wildman–Crippen LogP) is 0.0169. The van der Waals surface area contributed by atoms with Crippen molar-refractivity contribution in [3.63, 3.8) is 0 Å². The van der Waals surface area contributed by atoms with Gasteiger partial charge in [0.05, 0.1) is 12.3 Å². The minimum Gasteiger partial charge on any atom is -0.368 e. The van der Waals surface area contributed by atoms with Gasteiger partial charge in [-0.05, 0) is 6.26 Å². The molecule has 0 atom stereocenters. The van der Waals surface area contributed by atoms with Crippen molar-refractivity contribution >= 4 is 27.5 Å². The minimum atomic E-state index is -2.98. The number of nitrogens with two attached hydrogens (primary N) is 1. The minimum absolute atomic E-state index is 0.0465. The molecule has 8 heteroatoms. The van der Waals surface area contributed by atoms with E-state index >= 15 is 0 Å². The maximum Gasteiger partial charge on any atom is 0.219 e. The van der Waals surface area contributed by atoms with Crippen LogP contribution >= 0.6 is 11.8 Å². The number of hydrogen-bond acceptors (Lipinski definition) is 6. The summed E-state index contributed by atoms with van der Waals surface area (Å²) in [4.78, 5) is 3.95. The van der Waals surface area contributed by atoms with E-state index in [0.717, 1.165) is 0 Å². The summed E-state index contributed by atoms with van der Waals surface area (Å²) < 4.78 is 23.9. The Morgan fingerprint density at radius 2 is 2.20 bits per heavy atom. The maximum atomic E-state index is 11.3. The third kappa shape index (κ3) is 3.38. The number of aromatic nitrogens is 3. The van der Waals surface area contributed by atoms with Crippen LogP contribution in [0.1, 0.15) is 6.92 Å². The van der Waals surface area contributed by atoms with Gasteiger partial charge >= 0.3 is 0 Å². The van der Waals surface area contributed by atoms with Gasteiger partial charge in [0.15, 0.2) is 9.84 Å². The third-order valence-electron chi connectivity index (χ3n) is 1.92. The smallest absolute Gasteiger partial charge is 0.219 e. The molecule has 2 N–H and O–H groups in total. The number of sulfone groups is 1. The Kier molecular flexibility index (Phi) is 3.97. The van der Waals surface area contributed by atoms with Crippen LogP contribution in [-0.2, 0) is 16.4 Å². The highest BCUT2D eigenvalue weighted by Crippen LogP contribution is 2.10. The molecule has 15 heavy (non-hydrogen) atoms. The van der Waals surface area contributed by atoms with E-state index in [1.54, 1.807) is 6.92 Å². The Bertz CT molecular complexity index is 426. The summed E-state index contributed by atoms with van der Waals surface area (Å²) in [6.45, 7) is 1.88. The summed E-state index contributed by atoms with van der Waals surface area (Å²) in [5.74, 6) is 0.438. The second-order valence-corrected chi connectivity index (χ2v) is 6.16. The van der Waals surface area contributed by atoms with Gasteiger partial charge in [-0.2, -0.15) is 4.98 Å². The lowest BCUT2D eigenvalue weighted by Gasteiger charge is -2.02. The summed E-state index contributed by atoms with van der Waals surface area (Å²) in [5, 5.41) is 4.60. The van der Waals surface area contributed by atoms with E-state index in [1.165, 1.54) is 16.4 Å². The monoisotopic (exact) mass is 250 g/mol. The first-order valence-electron chi connectivity index (χ1n) is 4.43. The standard InChI is InChI=1S/C7H14N4O2S2/c1-3-15(12,13)5-4-11-6(8)9-7(10-11)14-2/h3-5H2,1-2H3,(H2,8,9,10). The first-order chi connectivity index (χ1) is 6.98. The van der Waals surface area contributed by atoms with Gasteiger partial charge in [0.1, 0.15) is 0 Å². The first-order valence-corrected chi connectivity index (χ1v) is 7.48. The van der Waals surface area contributed by atoms with Crippen LogP contribution in [0.4, 0.5) is 5.95 Å². The van der Waals surface area contributed by atoms with E-state index in [2.05, 4.69) is 10.1 Å². The van der Waals surface area contributed by atoms with Crippen molar-refractivity contribution in [1.29, 1.82) is 0 Å². The molecule has 0 saturated carbocycles. The molecular weight excluding hydrogens is 236 g/mol. The molecule has 0 amide bonds. The molecule has 0 unspecified atom stereocenters. The molecule has 0 fully saturated rings. The van der Waals surface area contributed by atoms with Crippen LogP contribution in [0.3, 0.4) is 0 Å². The van der Waals surface area contributed by atoms with Crippen molar-refractivity contribution in [3.8, 4) is 0 Å². The molecule has 0 aliphatic rings. The van der Waals surface area contributed by atoms with Crippen molar-refractivity contribution in [2.24, 2.45) is 0 Å². The number of nitrogens with zero attached hydrogens (tertiary/aromatic N) is 3. The molecule has 1 heterocycles. The molecule has 6 nitrogen and oxygen atoms in total. The Morgan fingerprint density at radius 3 is 2.67 bits per heavy atom. The molecular formula is C7H14N4O2S2. The lowest BCUT2D eigenvalue weighted by Crippen LogP contribution is -2.16. The molecule has 0 aliphatic carbocycles. The van der Waals surface area contributed by atoms with Crippen LogP contribution in [0.25, 0.3) is 0 Å². The summed E-state index contributed by atoms with van der Waals surface area (Å²) in [7, 11) is -2.98. The van der Waals surface area contributed by atoms with E-state index in [0.29, 0.717) is 5.16 Å². The van der Waals surface area contributed by atoms with Gasteiger partial charge in [0, 0.05) is 5.75 Å². The molecule has 1 aromatic rings. The molecule has 0 saturated heterocycles. The van der Waals surface area contributed by atoms with Crippen molar-refractivity contribution in [2.75, 3.05) is 23.5 Å². The first kappa shape index (κ1) is 12.3. The van der Waals surface area contributed by atoms with E-state index in [4.69, 9.17) is 5.73 Å². The van der Waals surface area contributed by atoms with E-state index in [9.17, 15) is 8.42 Å². The van der Waals surface area contributed by atoms with Crippen LogP contribution in [0.5, 0.6) is 0 Å². The zero-order valence-corrected chi connectivity index (χ0v) is 10.3. The average molecular weight is 250 g/mol. The fourth-order valence-corrected chi connectivity index (χ4v) is 2.06. The van der Waals surface area contributed by atoms with Crippen molar-refractivity contribution in [2.45, 2.75) is 18.6 Å². The Labute approximate surface area is 93.2 Å². The van der Waals surface area contributed by atoms with Gasteiger partial charge < -0.3 is 5.73 Å². The molecule has 86 valence electrons. The molecule has 1 rings (SSSR count). The normalized spacial score (nSPS) is 11.9. The van der Waals surface area contributed by atoms with Gasteiger partial charge in [0.25, 0.3) is 0 Å². The van der Waals surface area contributed by atoms with Crippen LogP contribution < -0.4 is 5.73 Å². The summed E-state index contributed by atoms with van der Waals surface area (Å²) >= 11 is 1.37. The van der Waals surface area contributed by atoms with E-state index in [1.807, 2.05) is 6.26 Å². The number of thioether (sulfide) groups is 1. The molecule has 0 spiro atoms. The summed E-state index contributed by atoms with van der Waals surface area (Å²) in [5.41, 5.74) is 5.57. The quantitative estimate of drug-likeness (QED) is 0.741. The zero-order chi connectivity index (χ0) is 11.5. The highest BCUT2D eigenvalue weighted by atomic mass is 32.2. The van der Waals surface area contributed by atoms with Crippen molar-refractivity contribution in [1.82, 2.24) is 14.8 Å². The number of rotatable bonds is 5. The zero-order valence-electron chi connectivity index (χ0n) is 8.67. The van der Waals surface area contributed by atoms with Crippen LogP contribution in [0, 0.1) is 0 Å². The molecule has 0 aromatic carbocycles. The molecule has 1 aromatic heterocycles. The van der Waals surface area contributed by atoms with E-state index < -0.39 is 9.84 Å². The van der Waals surface area contributed by atoms with Gasteiger partial charge in [-0.25, -0.2) is 13.1 Å². The van der Waals surface area contributed by atoms with Crippen LogP contribution in [-0.4, -0.2) is 40.9 Å². The fourth-order valence-electron chi connectivity index (χ4n) is 0.953. The highest BCUT2D eigenvalue weighted by molar-refractivity contribution is 7.98. The van der Waals surface area contributed by atoms with Crippen molar-refractivity contribution < 1.29 is 8.42 Å². The molecule has 0 radical (unpaired) electrons. The number of anilines is 1. The predicted molar refractivity (Wildman–Crippen MR) is 60.5 cm³/mol. The van der Waals surface area contributed by atoms with Crippen LogP contribution in [0.2, 0.25) is 0 Å². The van der Waals surface area contributed by atoms with Crippen LogP contribution in [0.15, 0.2) is 5.16 Å².